The second-order valence-corrected chi connectivity index (χ2v) is 8.45. The zero-order valence-corrected chi connectivity index (χ0v) is 17.2. The van der Waals surface area contributed by atoms with Crippen molar-refractivity contribution >= 4 is 21.6 Å². The molecule has 1 amide bonds. The van der Waals surface area contributed by atoms with Crippen LogP contribution >= 0.6 is 0 Å². The maximum Gasteiger partial charge on any atom is 0.243 e. The van der Waals surface area contributed by atoms with Crippen LogP contribution < -0.4 is 10.1 Å². The molecule has 0 aromatic heterocycles. The van der Waals surface area contributed by atoms with Gasteiger partial charge >= 0.3 is 0 Å². The Morgan fingerprint density at radius 2 is 1.70 bits per heavy atom. The van der Waals surface area contributed by atoms with Gasteiger partial charge in [0.1, 0.15) is 5.75 Å². The molecule has 0 aliphatic carbocycles. The molecule has 7 heteroatoms. The minimum Gasteiger partial charge on any atom is -0.492 e. The van der Waals surface area contributed by atoms with Crippen molar-refractivity contribution in [2.45, 2.75) is 32.6 Å². The summed E-state index contributed by atoms with van der Waals surface area (Å²) in [4.78, 5) is 12.7. The molecule has 27 heavy (non-hydrogen) atoms. The number of sulfonamides is 1. The van der Waals surface area contributed by atoms with Crippen LogP contribution in [-0.4, -0.2) is 38.8 Å². The molecule has 0 atom stereocenters. The van der Waals surface area contributed by atoms with Crippen molar-refractivity contribution in [2.75, 3.05) is 25.5 Å². The van der Waals surface area contributed by atoms with Crippen LogP contribution in [0.15, 0.2) is 41.3 Å². The molecule has 0 saturated heterocycles. The average Bonchev–Trinajstić information content (AvgIpc) is 2.55. The van der Waals surface area contributed by atoms with Crippen LogP contribution in [0, 0.1) is 20.8 Å². The van der Waals surface area contributed by atoms with E-state index < -0.39 is 15.9 Å². The molecule has 0 fully saturated rings. The molecular weight excluding hydrogens is 364 g/mol. The third-order valence-electron chi connectivity index (χ3n) is 4.10. The summed E-state index contributed by atoms with van der Waals surface area (Å²) >= 11 is 0. The summed E-state index contributed by atoms with van der Waals surface area (Å²) in [6, 6.07) is 10.7. The monoisotopic (exact) mass is 390 g/mol. The van der Waals surface area contributed by atoms with Crippen molar-refractivity contribution in [3.63, 3.8) is 0 Å². The number of anilines is 1. The van der Waals surface area contributed by atoms with E-state index in [9.17, 15) is 13.2 Å². The topological polar surface area (TPSA) is 75.7 Å². The number of aryl methyl sites for hydroxylation is 3. The summed E-state index contributed by atoms with van der Waals surface area (Å²) in [6.45, 7) is 7.47. The molecule has 0 bridgehead atoms. The number of ether oxygens (including phenoxy) is 1. The molecule has 0 aliphatic rings. The summed E-state index contributed by atoms with van der Waals surface area (Å²) in [5.41, 5.74) is 2.85. The van der Waals surface area contributed by atoms with Crippen LogP contribution in [0.2, 0.25) is 0 Å². The number of nitrogens with zero attached hydrogens (tertiary/aromatic N) is 1. The normalized spacial score (nSPS) is 11.5. The molecule has 2 rings (SSSR count). The van der Waals surface area contributed by atoms with Crippen molar-refractivity contribution in [1.29, 1.82) is 0 Å². The van der Waals surface area contributed by atoms with Gasteiger partial charge in [-0.3, -0.25) is 4.79 Å². The Bertz CT molecular complexity index is 916. The Morgan fingerprint density at radius 1 is 1.11 bits per heavy atom. The Balaban J connectivity index is 2.19. The van der Waals surface area contributed by atoms with Crippen molar-refractivity contribution in [2.24, 2.45) is 0 Å². The second-order valence-electron chi connectivity index (χ2n) is 6.47. The van der Waals surface area contributed by atoms with E-state index >= 15 is 0 Å². The van der Waals surface area contributed by atoms with Crippen molar-refractivity contribution in [1.82, 2.24) is 4.31 Å². The van der Waals surface area contributed by atoms with Crippen LogP contribution in [-0.2, 0) is 14.8 Å². The summed E-state index contributed by atoms with van der Waals surface area (Å²) < 4.78 is 32.5. The first-order valence-electron chi connectivity index (χ1n) is 8.72. The van der Waals surface area contributed by atoms with Gasteiger partial charge in [0.05, 0.1) is 23.7 Å². The Morgan fingerprint density at radius 3 is 2.30 bits per heavy atom. The molecule has 2 aromatic rings. The first kappa shape index (κ1) is 20.9. The van der Waals surface area contributed by atoms with Gasteiger partial charge in [0.2, 0.25) is 15.9 Å². The van der Waals surface area contributed by atoms with E-state index in [2.05, 4.69) is 5.32 Å². The summed E-state index contributed by atoms with van der Waals surface area (Å²) in [7, 11) is -2.38. The van der Waals surface area contributed by atoms with Crippen LogP contribution in [0.4, 0.5) is 5.69 Å². The van der Waals surface area contributed by atoms with Gasteiger partial charge < -0.3 is 10.1 Å². The molecule has 6 nitrogen and oxygen atoms in total. The largest absolute Gasteiger partial charge is 0.492 e. The summed E-state index contributed by atoms with van der Waals surface area (Å²) in [6.07, 6.45) is 0. The maximum absolute atomic E-state index is 13.0. The first-order chi connectivity index (χ1) is 12.7. The van der Waals surface area contributed by atoms with Crippen LogP contribution in [0.25, 0.3) is 0 Å². The number of para-hydroxylation sites is 2. The van der Waals surface area contributed by atoms with E-state index in [1.165, 1.54) is 7.05 Å². The highest BCUT2D eigenvalue weighted by Gasteiger charge is 2.26. The highest BCUT2D eigenvalue weighted by Crippen LogP contribution is 2.26. The van der Waals surface area contributed by atoms with Gasteiger partial charge in [-0.2, -0.15) is 4.31 Å². The lowest BCUT2D eigenvalue weighted by Crippen LogP contribution is -2.35. The second kappa shape index (κ2) is 8.54. The van der Waals surface area contributed by atoms with E-state index in [-0.39, 0.29) is 11.4 Å². The fraction of sp³-hybridized carbons (Fsp3) is 0.350. The van der Waals surface area contributed by atoms with E-state index in [1.807, 2.05) is 26.0 Å². The maximum atomic E-state index is 13.0. The van der Waals surface area contributed by atoms with E-state index in [4.69, 9.17) is 4.74 Å². The number of likely N-dealkylation sites (N-methyl/N-ethyl adjacent to an activating group) is 1. The minimum absolute atomic E-state index is 0.248. The zero-order chi connectivity index (χ0) is 20.2. The van der Waals surface area contributed by atoms with E-state index in [1.54, 1.807) is 38.1 Å². The minimum atomic E-state index is -3.78. The number of rotatable bonds is 7. The Hall–Kier alpha value is -2.38. The highest BCUT2D eigenvalue weighted by molar-refractivity contribution is 7.89. The van der Waals surface area contributed by atoms with Gasteiger partial charge in [-0.05, 0) is 51.0 Å². The predicted octanol–water partition coefficient (Wildman–Crippen LogP) is 3.27. The lowest BCUT2D eigenvalue weighted by atomic mass is 10.1. The van der Waals surface area contributed by atoms with Crippen LogP contribution in [0.1, 0.15) is 23.6 Å². The number of hydrogen-bond donors (Lipinski definition) is 1. The standard InChI is InChI=1S/C20H26N2O4S/c1-6-26-18-10-8-7-9-17(18)21-19(23)13-22(5)27(24,25)20-15(3)11-14(2)12-16(20)4/h7-12H,6,13H2,1-5H3,(H,21,23). The predicted molar refractivity (Wildman–Crippen MR) is 107 cm³/mol. The fourth-order valence-electron chi connectivity index (χ4n) is 3.06. The van der Waals surface area contributed by atoms with Crippen molar-refractivity contribution in [3.8, 4) is 5.75 Å². The average molecular weight is 391 g/mol. The molecule has 1 N–H and O–H groups in total. The van der Waals surface area contributed by atoms with Gasteiger partial charge in [0.15, 0.2) is 0 Å². The molecule has 0 spiro atoms. The quantitative estimate of drug-likeness (QED) is 0.787. The molecule has 0 aliphatic heterocycles. The van der Waals surface area contributed by atoms with Gasteiger partial charge in [0, 0.05) is 7.05 Å². The number of amides is 1. The smallest absolute Gasteiger partial charge is 0.243 e. The number of hydrogen-bond acceptors (Lipinski definition) is 4. The summed E-state index contributed by atoms with van der Waals surface area (Å²) in [5.74, 6) is 0.111. The first-order valence-corrected chi connectivity index (χ1v) is 10.2. The van der Waals surface area contributed by atoms with Gasteiger partial charge in [0.25, 0.3) is 0 Å². The Labute approximate surface area is 161 Å². The lowest BCUT2D eigenvalue weighted by Gasteiger charge is -2.20. The van der Waals surface area contributed by atoms with Gasteiger partial charge in [-0.15, -0.1) is 0 Å². The van der Waals surface area contributed by atoms with E-state index in [0.29, 0.717) is 29.2 Å². The number of carbonyl (C=O) groups is 1. The molecule has 2 aromatic carbocycles. The number of carbonyl (C=O) groups excluding carboxylic acids is 1. The number of benzene rings is 2. The van der Waals surface area contributed by atoms with E-state index in [0.717, 1.165) is 9.87 Å². The zero-order valence-electron chi connectivity index (χ0n) is 16.4. The van der Waals surface area contributed by atoms with Crippen molar-refractivity contribution in [3.05, 3.63) is 53.1 Å². The molecule has 0 heterocycles. The highest BCUT2D eigenvalue weighted by atomic mass is 32.2. The van der Waals surface area contributed by atoms with Crippen LogP contribution in [0.3, 0.4) is 0 Å². The molecule has 0 saturated carbocycles. The number of nitrogens with one attached hydrogen (secondary N) is 1. The van der Waals surface area contributed by atoms with Gasteiger partial charge in [-0.1, -0.05) is 29.8 Å². The molecular formula is C20H26N2O4S. The third-order valence-corrected chi connectivity index (χ3v) is 6.21. The Kier molecular flexibility index (Phi) is 6.62. The molecule has 0 radical (unpaired) electrons. The fourth-order valence-corrected chi connectivity index (χ4v) is 4.59. The van der Waals surface area contributed by atoms with Crippen molar-refractivity contribution < 1.29 is 17.9 Å². The molecule has 0 unspecified atom stereocenters. The third kappa shape index (κ3) is 4.87. The van der Waals surface area contributed by atoms with Crippen LogP contribution in [0.5, 0.6) is 5.75 Å². The van der Waals surface area contributed by atoms with Gasteiger partial charge in [-0.25, -0.2) is 8.42 Å². The summed E-state index contributed by atoms with van der Waals surface area (Å²) in [5, 5.41) is 2.72. The SMILES string of the molecule is CCOc1ccccc1NC(=O)CN(C)S(=O)(=O)c1c(C)cc(C)cc1C. The molecule has 146 valence electrons. The lowest BCUT2D eigenvalue weighted by molar-refractivity contribution is -0.116.